The second-order valence-electron chi connectivity index (χ2n) is 4.36. The summed E-state index contributed by atoms with van der Waals surface area (Å²) in [6, 6.07) is 7.49. The fraction of sp³-hybridized carbons (Fsp3) is 0.462. The van der Waals surface area contributed by atoms with Crippen molar-refractivity contribution in [3.63, 3.8) is 0 Å². The molecule has 1 unspecified atom stereocenters. The molecule has 0 amide bonds. The van der Waals surface area contributed by atoms with Crippen molar-refractivity contribution in [1.29, 1.82) is 0 Å². The van der Waals surface area contributed by atoms with Crippen LogP contribution in [0.3, 0.4) is 0 Å². The minimum atomic E-state index is -0.671. The number of carbonyl (C=O) groups excluding carboxylic acids is 1. The Morgan fingerprint density at radius 2 is 2.06 bits per heavy atom. The minimum absolute atomic E-state index is 0.129. The number of hydrogen-bond acceptors (Lipinski definition) is 2. The van der Waals surface area contributed by atoms with Gasteiger partial charge in [-0.1, -0.05) is 26.0 Å². The second-order valence-corrected chi connectivity index (χ2v) is 4.71. The standard InChI is InChI=1S/C13H17ClO2/c1-9(2)13(3,12(14)15)10-6-5-7-11(8-10)16-4/h5-9H,1-4H3. The van der Waals surface area contributed by atoms with E-state index in [0.717, 1.165) is 11.3 Å². The molecule has 0 saturated carbocycles. The predicted molar refractivity (Wildman–Crippen MR) is 66.0 cm³/mol. The van der Waals surface area contributed by atoms with Crippen LogP contribution in [-0.4, -0.2) is 12.4 Å². The fourth-order valence-electron chi connectivity index (χ4n) is 1.62. The lowest BCUT2D eigenvalue weighted by Crippen LogP contribution is -2.34. The molecule has 0 radical (unpaired) electrons. The van der Waals surface area contributed by atoms with E-state index in [2.05, 4.69) is 0 Å². The first-order chi connectivity index (χ1) is 7.42. The molecule has 1 rings (SSSR count). The van der Waals surface area contributed by atoms with Crippen LogP contribution in [0.25, 0.3) is 0 Å². The summed E-state index contributed by atoms with van der Waals surface area (Å²) in [7, 11) is 1.61. The van der Waals surface area contributed by atoms with Gasteiger partial charge in [0.2, 0.25) is 5.24 Å². The van der Waals surface area contributed by atoms with Crippen molar-refractivity contribution in [3.8, 4) is 5.75 Å². The van der Waals surface area contributed by atoms with Gasteiger partial charge in [0.1, 0.15) is 5.75 Å². The predicted octanol–water partition coefficient (Wildman–Crippen LogP) is 3.37. The molecular weight excluding hydrogens is 224 g/mol. The third-order valence-corrected chi connectivity index (χ3v) is 3.63. The lowest BCUT2D eigenvalue weighted by molar-refractivity contribution is -0.117. The Morgan fingerprint density at radius 3 is 2.50 bits per heavy atom. The summed E-state index contributed by atoms with van der Waals surface area (Å²) in [5.41, 5.74) is 0.220. The maximum absolute atomic E-state index is 11.6. The van der Waals surface area contributed by atoms with Gasteiger partial charge in [-0.25, -0.2) is 0 Å². The van der Waals surface area contributed by atoms with Crippen molar-refractivity contribution in [2.45, 2.75) is 26.2 Å². The maximum Gasteiger partial charge on any atom is 0.232 e. The largest absolute Gasteiger partial charge is 0.497 e. The van der Waals surface area contributed by atoms with Crippen LogP contribution >= 0.6 is 11.6 Å². The van der Waals surface area contributed by atoms with Gasteiger partial charge in [0.15, 0.2) is 0 Å². The minimum Gasteiger partial charge on any atom is -0.497 e. The highest BCUT2D eigenvalue weighted by Gasteiger charge is 2.37. The molecule has 16 heavy (non-hydrogen) atoms. The van der Waals surface area contributed by atoms with E-state index < -0.39 is 5.41 Å². The first-order valence-electron chi connectivity index (χ1n) is 5.27. The lowest BCUT2D eigenvalue weighted by Gasteiger charge is -2.30. The highest BCUT2D eigenvalue weighted by Crippen LogP contribution is 2.35. The van der Waals surface area contributed by atoms with Crippen LogP contribution in [0.4, 0.5) is 0 Å². The van der Waals surface area contributed by atoms with E-state index in [4.69, 9.17) is 16.3 Å². The summed E-state index contributed by atoms with van der Waals surface area (Å²) in [5, 5.41) is -0.337. The molecule has 88 valence electrons. The molecule has 1 atom stereocenters. The summed E-state index contributed by atoms with van der Waals surface area (Å²) in [6.07, 6.45) is 0. The van der Waals surface area contributed by atoms with Crippen molar-refractivity contribution in [1.82, 2.24) is 0 Å². The Hall–Kier alpha value is -1.02. The number of hydrogen-bond donors (Lipinski definition) is 0. The average molecular weight is 241 g/mol. The van der Waals surface area contributed by atoms with Gasteiger partial charge < -0.3 is 4.74 Å². The number of benzene rings is 1. The molecule has 0 aliphatic heterocycles. The fourth-order valence-corrected chi connectivity index (χ4v) is 1.95. The number of rotatable bonds is 4. The normalized spacial score (nSPS) is 14.6. The SMILES string of the molecule is COc1cccc(C(C)(C(=O)Cl)C(C)C)c1. The second kappa shape index (κ2) is 4.88. The molecular formula is C13H17ClO2. The smallest absolute Gasteiger partial charge is 0.232 e. The molecule has 1 aromatic carbocycles. The molecule has 0 heterocycles. The first-order valence-corrected chi connectivity index (χ1v) is 5.65. The Balaban J connectivity index is 3.26. The van der Waals surface area contributed by atoms with Crippen LogP contribution in [0.2, 0.25) is 0 Å². The first kappa shape index (κ1) is 13.0. The van der Waals surface area contributed by atoms with Crippen LogP contribution in [0, 0.1) is 5.92 Å². The third-order valence-electron chi connectivity index (χ3n) is 3.23. The molecule has 0 aliphatic rings. The molecule has 0 N–H and O–H groups in total. The average Bonchev–Trinajstić information content (AvgIpc) is 2.27. The molecule has 0 aromatic heterocycles. The Morgan fingerprint density at radius 1 is 1.44 bits per heavy atom. The molecule has 1 aromatic rings. The molecule has 0 bridgehead atoms. The van der Waals surface area contributed by atoms with E-state index in [1.165, 1.54) is 0 Å². The van der Waals surface area contributed by atoms with Crippen LogP contribution in [-0.2, 0) is 10.2 Å². The molecule has 0 fully saturated rings. The van der Waals surface area contributed by atoms with Gasteiger partial charge in [-0.05, 0) is 42.1 Å². The van der Waals surface area contributed by atoms with Crippen molar-refractivity contribution in [2.24, 2.45) is 5.92 Å². The molecule has 0 saturated heterocycles. The molecule has 0 aliphatic carbocycles. The van der Waals surface area contributed by atoms with Gasteiger partial charge in [-0.2, -0.15) is 0 Å². The Kier molecular flexibility index (Phi) is 3.98. The molecule has 3 heteroatoms. The van der Waals surface area contributed by atoms with Gasteiger partial charge in [0, 0.05) is 0 Å². The number of carbonyl (C=O) groups is 1. The number of methoxy groups -OCH3 is 1. The van der Waals surface area contributed by atoms with Crippen LogP contribution in [0.1, 0.15) is 26.3 Å². The van der Waals surface area contributed by atoms with Crippen LogP contribution in [0.5, 0.6) is 5.75 Å². The van der Waals surface area contributed by atoms with Crippen molar-refractivity contribution in [3.05, 3.63) is 29.8 Å². The summed E-state index contributed by atoms with van der Waals surface area (Å²) in [6.45, 7) is 5.83. The van der Waals surface area contributed by atoms with Gasteiger partial charge >= 0.3 is 0 Å². The maximum atomic E-state index is 11.6. The van der Waals surface area contributed by atoms with Crippen molar-refractivity contribution in [2.75, 3.05) is 7.11 Å². The quantitative estimate of drug-likeness (QED) is 0.755. The topological polar surface area (TPSA) is 26.3 Å². The summed E-state index contributed by atoms with van der Waals surface area (Å²) in [5.74, 6) is 0.867. The monoisotopic (exact) mass is 240 g/mol. The molecule has 0 spiro atoms. The van der Waals surface area contributed by atoms with E-state index >= 15 is 0 Å². The van der Waals surface area contributed by atoms with Gasteiger partial charge in [0.25, 0.3) is 0 Å². The van der Waals surface area contributed by atoms with E-state index in [1.54, 1.807) is 7.11 Å². The summed E-state index contributed by atoms with van der Waals surface area (Å²) >= 11 is 5.73. The van der Waals surface area contributed by atoms with Crippen LogP contribution in [0.15, 0.2) is 24.3 Å². The van der Waals surface area contributed by atoms with Gasteiger partial charge in [0.05, 0.1) is 12.5 Å². The number of halogens is 1. The van der Waals surface area contributed by atoms with Gasteiger partial charge in [-0.15, -0.1) is 0 Å². The zero-order valence-corrected chi connectivity index (χ0v) is 10.8. The van der Waals surface area contributed by atoms with Crippen LogP contribution < -0.4 is 4.74 Å². The van der Waals surface area contributed by atoms with Gasteiger partial charge in [-0.3, -0.25) is 4.79 Å². The third kappa shape index (κ3) is 2.22. The zero-order chi connectivity index (χ0) is 12.3. The summed E-state index contributed by atoms with van der Waals surface area (Å²) < 4.78 is 5.16. The summed E-state index contributed by atoms with van der Waals surface area (Å²) in [4.78, 5) is 11.6. The van der Waals surface area contributed by atoms with Crippen molar-refractivity contribution < 1.29 is 9.53 Å². The Bertz CT molecular complexity index is 387. The van der Waals surface area contributed by atoms with E-state index in [0.29, 0.717) is 0 Å². The Labute approximate surface area is 102 Å². The highest BCUT2D eigenvalue weighted by molar-refractivity contribution is 6.65. The van der Waals surface area contributed by atoms with E-state index in [-0.39, 0.29) is 11.2 Å². The lowest BCUT2D eigenvalue weighted by atomic mass is 9.74. The number of ether oxygens (including phenoxy) is 1. The highest BCUT2D eigenvalue weighted by atomic mass is 35.5. The zero-order valence-electron chi connectivity index (χ0n) is 10.1. The van der Waals surface area contributed by atoms with E-state index in [1.807, 2.05) is 45.0 Å². The van der Waals surface area contributed by atoms with Crippen molar-refractivity contribution >= 4 is 16.8 Å². The molecule has 2 nitrogen and oxygen atoms in total. The van der Waals surface area contributed by atoms with E-state index in [9.17, 15) is 4.79 Å².